The molecule has 9 nitrogen and oxygen atoms in total. The van der Waals surface area contributed by atoms with Gasteiger partial charge in [-0.1, -0.05) is 18.2 Å². The summed E-state index contributed by atoms with van der Waals surface area (Å²) < 4.78 is 7.41. The van der Waals surface area contributed by atoms with Crippen molar-refractivity contribution in [1.29, 1.82) is 0 Å². The van der Waals surface area contributed by atoms with Crippen LogP contribution >= 0.6 is 12.2 Å². The standard InChI is InChI=1S/C29H30N6O3S/c36-27(34-13-11-33(12-14-34)26-3-1-2-10-30-26)22-6-4-21(5-7-22)20-35-28(37)24-19-23(32-15-17-38-18-16-32)8-9-25(24)31-29(35)39/h1-10,19H,11-18,20H2,(H,31,39). The Morgan fingerprint density at radius 1 is 0.923 bits per heavy atom. The monoisotopic (exact) mass is 542 g/mol. The summed E-state index contributed by atoms with van der Waals surface area (Å²) in [5.74, 6) is 0.951. The topological polar surface area (TPSA) is 86.7 Å². The Morgan fingerprint density at radius 3 is 2.41 bits per heavy atom. The number of fused-ring (bicyclic) bond motifs is 1. The van der Waals surface area contributed by atoms with Crippen LogP contribution in [0.5, 0.6) is 0 Å². The molecule has 200 valence electrons. The summed E-state index contributed by atoms with van der Waals surface area (Å²) in [4.78, 5) is 40.5. The van der Waals surface area contributed by atoms with Gasteiger partial charge in [0.15, 0.2) is 4.77 Å². The summed E-state index contributed by atoms with van der Waals surface area (Å²) in [5, 5.41) is 0.601. The highest BCUT2D eigenvalue weighted by molar-refractivity contribution is 7.71. The van der Waals surface area contributed by atoms with Gasteiger partial charge in [-0.3, -0.25) is 14.2 Å². The first-order valence-electron chi connectivity index (χ1n) is 13.2. The van der Waals surface area contributed by atoms with Gasteiger partial charge in [0.05, 0.1) is 30.7 Å². The minimum absolute atomic E-state index is 0.0121. The average molecular weight is 543 g/mol. The van der Waals surface area contributed by atoms with Crippen molar-refractivity contribution < 1.29 is 9.53 Å². The Labute approximate surface area is 231 Å². The number of pyridine rings is 1. The van der Waals surface area contributed by atoms with Crippen LogP contribution in [0, 0.1) is 4.77 Å². The lowest BCUT2D eigenvalue weighted by molar-refractivity contribution is 0.0746. The first-order chi connectivity index (χ1) is 19.1. The smallest absolute Gasteiger partial charge is 0.262 e. The molecular formula is C29H30N6O3S. The number of amides is 1. The summed E-state index contributed by atoms with van der Waals surface area (Å²) in [5.41, 5.74) is 3.13. The number of ether oxygens (including phenoxy) is 1. The van der Waals surface area contributed by atoms with E-state index in [9.17, 15) is 9.59 Å². The van der Waals surface area contributed by atoms with Crippen LogP contribution in [0.4, 0.5) is 11.5 Å². The van der Waals surface area contributed by atoms with Gasteiger partial charge in [-0.2, -0.15) is 0 Å². The van der Waals surface area contributed by atoms with E-state index in [1.807, 2.05) is 65.6 Å². The third kappa shape index (κ3) is 5.30. The number of H-pyrrole nitrogens is 1. The zero-order valence-corrected chi connectivity index (χ0v) is 22.4. The van der Waals surface area contributed by atoms with Gasteiger partial charge in [-0.05, 0) is 60.2 Å². The van der Waals surface area contributed by atoms with E-state index in [1.54, 1.807) is 10.8 Å². The van der Waals surface area contributed by atoms with Gasteiger partial charge in [-0.15, -0.1) is 0 Å². The first kappa shape index (κ1) is 25.3. The van der Waals surface area contributed by atoms with Crippen LogP contribution in [0.2, 0.25) is 0 Å². The predicted molar refractivity (Wildman–Crippen MR) is 154 cm³/mol. The average Bonchev–Trinajstić information content (AvgIpc) is 3.00. The molecule has 2 aliphatic rings. The summed E-state index contributed by atoms with van der Waals surface area (Å²) in [7, 11) is 0. The molecule has 0 atom stereocenters. The maximum Gasteiger partial charge on any atom is 0.262 e. The van der Waals surface area contributed by atoms with E-state index in [1.165, 1.54) is 0 Å². The number of piperazine rings is 1. The minimum Gasteiger partial charge on any atom is -0.378 e. The van der Waals surface area contributed by atoms with Crippen LogP contribution in [0.1, 0.15) is 15.9 Å². The van der Waals surface area contributed by atoms with E-state index in [0.717, 1.165) is 48.8 Å². The van der Waals surface area contributed by atoms with Crippen LogP contribution in [-0.4, -0.2) is 77.8 Å². The van der Waals surface area contributed by atoms with Crippen molar-refractivity contribution in [2.45, 2.75) is 6.54 Å². The van der Waals surface area contributed by atoms with Gasteiger partial charge < -0.3 is 24.4 Å². The Hall–Kier alpha value is -4.02. The maximum absolute atomic E-state index is 13.5. The molecule has 2 fully saturated rings. The molecule has 0 spiro atoms. The number of aromatic amines is 1. The molecule has 1 amide bonds. The van der Waals surface area contributed by atoms with Gasteiger partial charge in [0.1, 0.15) is 5.82 Å². The maximum atomic E-state index is 13.5. The van der Waals surface area contributed by atoms with E-state index in [-0.39, 0.29) is 11.5 Å². The normalized spacial score (nSPS) is 16.1. The zero-order chi connectivity index (χ0) is 26.8. The highest BCUT2D eigenvalue weighted by atomic mass is 32.1. The van der Waals surface area contributed by atoms with Gasteiger partial charge in [0, 0.05) is 56.7 Å². The molecule has 2 aromatic heterocycles. The van der Waals surface area contributed by atoms with Crippen molar-refractivity contribution in [2.75, 3.05) is 62.3 Å². The molecular weight excluding hydrogens is 512 g/mol. The summed E-state index contributed by atoms with van der Waals surface area (Å²) >= 11 is 5.53. The third-order valence-corrected chi connectivity index (χ3v) is 7.75. The summed E-state index contributed by atoms with van der Waals surface area (Å²) in [6.07, 6.45) is 1.79. The van der Waals surface area contributed by atoms with E-state index < -0.39 is 0 Å². The highest BCUT2D eigenvalue weighted by Gasteiger charge is 2.23. The van der Waals surface area contributed by atoms with E-state index in [4.69, 9.17) is 17.0 Å². The third-order valence-electron chi connectivity index (χ3n) is 7.42. The molecule has 4 aromatic rings. The van der Waals surface area contributed by atoms with Gasteiger partial charge in [0.25, 0.3) is 11.5 Å². The second-order valence-electron chi connectivity index (χ2n) is 9.81. The number of anilines is 2. The van der Waals surface area contributed by atoms with E-state index in [0.29, 0.717) is 48.6 Å². The molecule has 2 aliphatic heterocycles. The number of carbonyl (C=O) groups excluding carboxylic acids is 1. The molecule has 4 heterocycles. The largest absolute Gasteiger partial charge is 0.378 e. The SMILES string of the molecule is O=C(c1ccc(Cn2c(=S)[nH]c3ccc(N4CCOCC4)cc3c2=O)cc1)N1CCN(c2ccccn2)CC1. The second kappa shape index (κ2) is 11.0. The second-order valence-corrected chi connectivity index (χ2v) is 10.2. The molecule has 0 aliphatic carbocycles. The van der Waals surface area contributed by atoms with E-state index in [2.05, 4.69) is 19.8 Å². The molecule has 0 bridgehead atoms. The predicted octanol–water partition coefficient (Wildman–Crippen LogP) is 3.30. The first-order valence-corrected chi connectivity index (χ1v) is 13.6. The number of hydrogen-bond donors (Lipinski definition) is 1. The van der Waals surface area contributed by atoms with Crippen LogP contribution in [0.15, 0.2) is 71.7 Å². The fraction of sp³-hybridized carbons (Fsp3) is 0.310. The van der Waals surface area contributed by atoms with Crippen LogP contribution < -0.4 is 15.4 Å². The zero-order valence-electron chi connectivity index (χ0n) is 21.6. The molecule has 0 saturated carbocycles. The number of aromatic nitrogens is 3. The number of carbonyl (C=O) groups is 1. The van der Waals surface area contributed by atoms with Crippen molar-refractivity contribution in [2.24, 2.45) is 0 Å². The Bertz CT molecular complexity index is 1590. The number of hydrogen-bond acceptors (Lipinski definition) is 7. The van der Waals surface area contributed by atoms with Crippen LogP contribution in [0.25, 0.3) is 10.9 Å². The van der Waals surface area contributed by atoms with Gasteiger partial charge in [-0.25, -0.2) is 4.98 Å². The van der Waals surface area contributed by atoms with Gasteiger partial charge in [0.2, 0.25) is 0 Å². The van der Waals surface area contributed by atoms with Crippen molar-refractivity contribution in [3.05, 3.63) is 93.1 Å². The van der Waals surface area contributed by atoms with E-state index >= 15 is 0 Å². The Kier molecular flexibility index (Phi) is 7.12. The van der Waals surface area contributed by atoms with Crippen LogP contribution in [0.3, 0.4) is 0 Å². The molecule has 0 unspecified atom stereocenters. The number of rotatable bonds is 5. The molecule has 6 rings (SSSR count). The molecule has 1 N–H and O–H groups in total. The van der Waals surface area contributed by atoms with Crippen LogP contribution in [-0.2, 0) is 11.3 Å². The fourth-order valence-electron chi connectivity index (χ4n) is 5.20. The molecule has 2 saturated heterocycles. The number of morpholine rings is 1. The summed E-state index contributed by atoms with van der Waals surface area (Å²) in [6, 6.07) is 19.2. The van der Waals surface area contributed by atoms with Crippen molar-refractivity contribution >= 4 is 40.5 Å². The molecule has 2 aromatic carbocycles. The lowest BCUT2D eigenvalue weighted by Gasteiger charge is -2.35. The lowest BCUT2D eigenvalue weighted by atomic mass is 10.1. The number of benzene rings is 2. The molecule has 10 heteroatoms. The number of nitrogens with zero attached hydrogens (tertiary/aromatic N) is 5. The molecule has 0 radical (unpaired) electrons. The Balaban J connectivity index is 1.16. The van der Waals surface area contributed by atoms with Crippen molar-refractivity contribution in [1.82, 2.24) is 19.4 Å². The fourth-order valence-corrected chi connectivity index (χ4v) is 5.46. The Morgan fingerprint density at radius 2 is 1.69 bits per heavy atom. The van der Waals surface area contributed by atoms with Crippen molar-refractivity contribution in [3.8, 4) is 0 Å². The highest BCUT2D eigenvalue weighted by Crippen LogP contribution is 2.21. The quantitative estimate of drug-likeness (QED) is 0.387. The minimum atomic E-state index is -0.130. The number of nitrogens with one attached hydrogen (secondary N) is 1. The lowest BCUT2D eigenvalue weighted by Crippen LogP contribution is -2.49. The summed E-state index contributed by atoms with van der Waals surface area (Å²) in [6.45, 7) is 6.06. The van der Waals surface area contributed by atoms with Crippen molar-refractivity contribution in [3.63, 3.8) is 0 Å². The van der Waals surface area contributed by atoms with Gasteiger partial charge >= 0.3 is 0 Å². The molecule has 39 heavy (non-hydrogen) atoms.